The predicted molar refractivity (Wildman–Crippen MR) is 86.1 cm³/mol. The Hall–Kier alpha value is -3.14. The minimum Gasteiger partial charge on any atom is -0.365 e. The van der Waals surface area contributed by atoms with Crippen LogP contribution in [0.5, 0.6) is 0 Å². The second-order valence-corrected chi connectivity index (χ2v) is 5.23. The number of carbonyl (C=O) groups excluding carboxylic acids is 1. The average Bonchev–Trinajstić information content (AvgIpc) is 2.62. The molecule has 2 aromatic heterocycles. The summed E-state index contributed by atoms with van der Waals surface area (Å²) in [5.41, 5.74) is 6.45. The Labute approximate surface area is 134 Å². The van der Waals surface area contributed by atoms with E-state index in [-0.39, 0.29) is 0 Å². The van der Waals surface area contributed by atoms with Gasteiger partial charge in [0.1, 0.15) is 11.6 Å². The summed E-state index contributed by atoms with van der Waals surface area (Å²) in [4.78, 5) is 24.3. The minimum atomic E-state index is -0.473. The molecule has 0 saturated carbocycles. The van der Waals surface area contributed by atoms with Crippen molar-refractivity contribution < 1.29 is 4.79 Å². The third-order valence-corrected chi connectivity index (χ3v) is 3.83. The molecule has 1 aliphatic rings. The number of amides is 1. The Kier molecular flexibility index (Phi) is 4.06. The monoisotopic (exact) mass is 308 g/mol. The van der Waals surface area contributed by atoms with E-state index >= 15 is 0 Å². The molecule has 23 heavy (non-hydrogen) atoms. The van der Waals surface area contributed by atoms with Gasteiger partial charge in [-0.15, -0.1) is 0 Å². The lowest BCUT2D eigenvalue weighted by Gasteiger charge is -2.36. The van der Waals surface area contributed by atoms with Crippen molar-refractivity contribution in [3.63, 3.8) is 0 Å². The zero-order valence-corrected chi connectivity index (χ0v) is 12.5. The first-order valence-electron chi connectivity index (χ1n) is 7.30. The number of aromatic nitrogens is 2. The van der Waals surface area contributed by atoms with Crippen LogP contribution in [0.25, 0.3) is 0 Å². The summed E-state index contributed by atoms with van der Waals surface area (Å²) in [5, 5.41) is 8.98. The van der Waals surface area contributed by atoms with Crippen molar-refractivity contribution in [2.75, 3.05) is 36.0 Å². The van der Waals surface area contributed by atoms with Crippen LogP contribution in [0.2, 0.25) is 0 Å². The predicted octanol–water partition coefficient (Wildman–Crippen LogP) is 0.774. The van der Waals surface area contributed by atoms with Crippen molar-refractivity contribution in [1.29, 1.82) is 5.26 Å². The van der Waals surface area contributed by atoms with Crippen LogP contribution in [0.1, 0.15) is 15.9 Å². The molecule has 1 fully saturated rings. The smallest absolute Gasteiger partial charge is 0.252 e. The van der Waals surface area contributed by atoms with Gasteiger partial charge in [0.25, 0.3) is 5.91 Å². The first-order chi connectivity index (χ1) is 11.2. The quantitative estimate of drug-likeness (QED) is 0.899. The lowest BCUT2D eigenvalue weighted by molar-refractivity contribution is 0.100. The Bertz CT molecular complexity index is 761. The Morgan fingerprint density at radius 1 is 1.13 bits per heavy atom. The van der Waals surface area contributed by atoms with Gasteiger partial charge < -0.3 is 15.5 Å². The fraction of sp³-hybridized carbons (Fsp3) is 0.250. The van der Waals surface area contributed by atoms with Gasteiger partial charge in [-0.05, 0) is 24.3 Å². The zero-order chi connectivity index (χ0) is 16.2. The highest BCUT2D eigenvalue weighted by atomic mass is 16.1. The van der Waals surface area contributed by atoms with Crippen LogP contribution in [0, 0.1) is 11.3 Å². The second-order valence-electron chi connectivity index (χ2n) is 5.23. The summed E-state index contributed by atoms with van der Waals surface area (Å²) in [6.45, 7) is 2.87. The molecule has 2 aromatic rings. The molecular formula is C16H16N6O. The number of hydrogen-bond acceptors (Lipinski definition) is 6. The number of anilines is 2. The Morgan fingerprint density at radius 2 is 1.87 bits per heavy atom. The number of carbonyl (C=O) groups is 1. The molecule has 3 rings (SSSR count). The van der Waals surface area contributed by atoms with Crippen molar-refractivity contribution in [1.82, 2.24) is 9.97 Å². The van der Waals surface area contributed by atoms with Gasteiger partial charge >= 0.3 is 0 Å². The highest BCUT2D eigenvalue weighted by Crippen LogP contribution is 2.21. The molecule has 0 radical (unpaired) electrons. The number of piperazine rings is 1. The van der Waals surface area contributed by atoms with E-state index < -0.39 is 5.91 Å². The van der Waals surface area contributed by atoms with Crippen molar-refractivity contribution >= 4 is 17.5 Å². The highest BCUT2D eigenvalue weighted by molar-refractivity contribution is 5.97. The van der Waals surface area contributed by atoms with Crippen LogP contribution >= 0.6 is 0 Å². The van der Waals surface area contributed by atoms with Crippen LogP contribution in [-0.2, 0) is 0 Å². The van der Waals surface area contributed by atoms with Crippen LogP contribution in [-0.4, -0.2) is 42.1 Å². The maximum atomic E-state index is 11.5. The molecule has 2 N–H and O–H groups in total. The first-order valence-corrected chi connectivity index (χ1v) is 7.30. The lowest BCUT2D eigenvalue weighted by Crippen LogP contribution is -2.47. The van der Waals surface area contributed by atoms with Gasteiger partial charge in [-0.2, -0.15) is 5.26 Å². The molecule has 7 heteroatoms. The SMILES string of the molecule is N#Cc1ccnc(N2CCN(c3ncccc3C(N)=O)CC2)c1. The van der Waals surface area contributed by atoms with E-state index in [1.807, 2.05) is 4.90 Å². The summed E-state index contributed by atoms with van der Waals surface area (Å²) in [6, 6.07) is 8.99. The number of rotatable bonds is 3. The number of nitrogens with zero attached hydrogens (tertiary/aromatic N) is 5. The van der Waals surface area contributed by atoms with Crippen molar-refractivity contribution in [3.8, 4) is 6.07 Å². The third kappa shape index (κ3) is 3.06. The van der Waals surface area contributed by atoms with Gasteiger partial charge in [-0.25, -0.2) is 9.97 Å². The van der Waals surface area contributed by atoms with E-state index in [4.69, 9.17) is 11.0 Å². The molecular weight excluding hydrogens is 292 g/mol. The summed E-state index contributed by atoms with van der Waals surface area (Å²) in [6.07, 6.45) is 3.30. The molecule has 0 aromatic carbocycles. The minimum absolute atomic E-state index is 0.436. The average molecular weight is 308 g/mol. The molecule has 1 saturated heterocycles. The van der Waals surface area contributed by atoms with Gasteiger partial charge in [0, 0.05) is 38.6 Å². The van der Waals surface area contributed by atoms with Gasteiger partial charge in [0.2, 0.25) is 0 Å². The van der Waals surface area contributed by atoms with Gasteiger partial charge in [0.15, 0.2) is 0 Å². The zero-order valence-electron chi connectivity index (χ0n) is 12.5. The molecule has 7 nitrogen and oxygen atoms in total. The summed E-state index contributed by atoms with van der Waals surface area (Å²) in [7, 11) is 0. The summed E-state index contributed by atoms with van der Waals surface area (Å²) >= 11 is 0. The molecule has 0 unspecified atom stereocenters. The largest absolute Gasteiger partial charge is 0.365 e. The number of nitriles is 1. The molecule has 116 valence electrons. The molecule has 1 amide bonds. The number of primary amides is 1. The maximum absolute atomic E-state index is 11.5. The topological polar surface area (TPSA) is 99.1 Å². The molecule has 3 heterocycles. The second kappa shape index (κ2) is 6.32. The molecule has 0 bridgehead atoms. The number of nitrogens with two attached hydrogens (primary N) is 1. The highest BCUT2D eigenvalue weighted by Gasteiger charge is 2.22. The van der Waals surface area contributed by atoms with E-state index in [1.165, 1.54) is 0 Å². The summed E-state index contributed by atoms with van der Waals surface area (Å²) < 4.78 is 0. The summed E-state index contributed by atoms with van der Waals surface area (Å²) in [5.74, 6) is 0.942. The van der Waals surface area contributed by atoms with E-state index in [9.17, 15) is 4.79 Å². The molecule has 1 aliphatic heterocycles. The molecule has 0 spiro atoms. The Morgan fingerprint density at radius 3 is 2.57 bits per heavy atom. The maximum Gasteiger partial charge on any atom is 0.252 e. The van der Waals surface area contributed by atoms with Crippen molar-refractivity contribution in [2.45, 2.75) is 0 Å². The van der Waals surface area contributed by atoms with Gasteiger partial charge in [-0.3, -0.25) is 4.79 Å². The van der Waals surface area contributed by atoms with E-state index in [0.29, 0.717) is 30.0 Å². The van der Waals surface area contributed by atoms with Crippen molar-refractivity contribution in [2.24, 2.45) is 5.73 Å². The fourth-order valence-corrected chi connectivity index (χ4v) is 2.65. The standard InChI is InChI=1S/C16H16N6O/c17-11-12-3-5-19-14(10-12)21-6-8-22(9-7-21)16-13(15(18)23)2-1-4-20-16/h1-5,10H,6-9H2,(H2,18,23). The van der Waals surface area contributed by atoms with E-state index in [2.05, 4.69) is 20.9 Å². The third-order valence-electron chi connectivity index (χ3n) is 3.83. The first kappa shape index (κ1) is 14.8. The van der Waals surface area contributed by atoms with Crippen LogP contribution in [0.3, 0.4) is 0 Å². The van der Waals surface area contributed by atoms with Gasteiger partial charge in [0.05, 0.1) is 17.2 Å². The van der Waals surface area contributed by atoms with Gasteiger partial charge in [-0.1, -0.05) is 0 Å². The molecule has 0 atom stereocenters. The number of hydrogen-bond donors (Lipinski definition) is 1. The van der Waals surface area contributed by atoms with Crippen molar-refractivity contribution in [3.05, 3.63) is 47.8 Å². The lowest BCUT2D eigenvalue weighted by atomic mass is 10.2. The van der Waals surface area contributed by atoms with Crippen LogP contribution < -0.4 is 15.5 Å². The molecule has 0 aliphatic carbocycles. The number of pyridine rings is 2. The Balaban J connectivity index is 1.74. The fourth-order valence-electron chi connectivity index (χ4n) is 2.65. The van der Waals surface area contributed by atoms with E-state index in [0.717, 1.165) is 18.9 Å². The normalized spacial score (nSPS) is 14.4. The van der Waals surface area contributed by atoms with Crippen LogP contribution in [0.15, 0.2) is 36.7 Å². The van der Waals surface area contributed by atoms with Crippen LogP contribution in [0.4, 0.5) is 11.6 Å². The van der Waals surface area contributed by atoms with E-state index in [1.54, 1.807) is 36.7 Å².